The van der Waals surface area contributed by atoms with Crippen molar-refractivity contribution in [2.75, 3.05) is 6.54 Å². The van der Waals surface area contributed by atoms with E-state index < -0.39 is 0 Å². The van der Waals surface area contributed by atoms with Crippen molar-refractivity contribution in [1.29, 1.82) is 0 Å². The second kappa shape index (κ2) is 5.02. The van der Waals surface area contributed by atoms with Crippen LogP contribution >= 0.6 is 0 Å². The highest BCUT2D eigenvalue weighted by atomic mass is 16.2. The Bertz CT molecular complexity index is 324. The Kier molecular flexibility index (Phi) is 3.79. The lowest BCUT2D eigenvalue weighted by Crippen LogP contribution is -2.45. The summed E-state index contributed by atoms with van der Waals surface area (Å²) in [5, 5.41) is 0. The summed E-state index contributed by atoms with van der Waals surface area (Å²) < 4.78 is 0. The summed E-state index contributed by atoms with van der Waals surface area (Å²) in [5.41, 5.74) is 0. The van der Waals surface area contributed by atoms with Crippen molar-refractivity contribution in [3.8, 4) is 0 Å². The molecule has 0 radical (unpaired) electrons. The molecule has 3 heteroatoms. The van der Waals surface area contributed by atoms with Crippen LogP contribution in [0.5, 0.6) is 0 Å². The molecule has 2 bridgehead atoms. The van der Waals surface area contributed by atoms with Crippen LogP contribution in [0.2, 0.25) is 0 Å². The summed E-state index contributed by atoms with van der Waals surface area (Å²) in [5.74, 6) is 2.07. The number of nitrogens with zero attached hydrogens (tertiary/aromatic N) is 1. The standard InChI is InChI=1S/C15H25NO2/c1-9(2)5-13(17)15-11-7-12(15)16(8-11)14(18)6-10(3)4/h9-12,15H,5-8H2,1-4H3. The van der Waals surface area contributed by atoms with Crippen LogP contribution in [-0.4, -0.2) is 29.2 Å². The van der Waals surface area contributed by atoms with Gasteiger partial charge in [-0.15, -0.1) is 0 Å². The fraction of sp³-hybridized carbons (Fsp3) is 0.867. The summed E-state index contributed by atoms with van der Waals surface area (Å²) in [6, 6.07) is 0.229. The summed E-state index contributed by atoms with van der Waals surface area (Å²) >= 11 is 0. The van der Waals surface area contributed by atoms with Crippen LogP contribution < -0.4 is 0 Å². The van der Waals surface area contributed by atoms with Crippen LogP contribution in [0.4, 0.5) is 0 Å². The van der Waals surface area contributed by atoms with E-state index >= 15 is 0 Å². The van der Waals surface area contributed by atoms with Gasteiger partial charge >= 0.3 is 0 Å². The lowest BCUT2D eigenvalue weighted by Gasteiger charge is -2.35. The zero-order valence-electron chi connectivity index (χ0n) is 12.0. The van der Waals surface area contributed by atoms with Crippen molar-refractivity contribution in [3.63, 3.8) is 0 Å². The predicted molar refractivity (Wildman–Crippen MR) is 71.0 cm³/mol. The van der Waals surface area contributed by atoms with E-state index in [9.17, 15) is 9.59 Å². The van der Waals surface area contributed by atoms with Crippen LogP contribution in [0, 0.1) is 23.7 Å². The maximum absolute atomic E-state index is 12.1. The van der Waals surface area contributed by atoms with E-state index in [-0.39, 0.29) is 17.9 Å². The number of rotatable bonds is 5. The molecule has 1 aliphatic carbocycles. The summed E-state index contributed by atoms with van der Waals surface area (Å²) in [7, 11) is 0. The Hall–Kier alpha value is -0.860. The molecule has 3 unspecified atom stereocenters. The molecular formula is C15H25NO2. The fourth-order valence-corrected chi connectivity index (χ4v) is 3.39. The third kappa shape index (κ3) is 2.45. The molecule has 2 saturated heterocycles. The molecule has 3 aliphatic rings. The molecule has 2 aliphatic heterocycles. The second-order valence-electron chi connectivity index (χ2n) is 6.80. The van der Waals surface area contributed by atoms with Crippen molar-refractivity contribution >= 4 is 11.7 Å². The van der Waals surface area contributed by atoms with Gasteiger partial charge in [0.2, 0.25) is 5.91 Å². The minimum atomic E-state index is 0.156. The quantitative estimate of drug-likeness (QED) is 0.753. The maximum atomic E-state index is 12.1. The van der Waals surface area contributed by atoms with Gasteiger partial charge in [0.25, 0.3) is 0 Å². The molecule has 0 spiro atoms. The topological polar surface area (TPSA) is 37.4 Å². The first-order chi connectivity index (χ1) is 8.40. The van der Waals surface area contributed by atoms with Crippen LogP contribution in [-0.2, 0) is 9.59 Å². The maximum Gasteiger partial charge on any atom is 0.223 e. The smallest absolute Gasteiger partial charge is 0.223 e. The zero-order chi connectivity index (χ0) is 13.4. The minimum Gasteiger partial charge on any atom is -0.339 e. The zero-order valence-corrected chi connectivity index (χ0v) is 12.0. The molecule has 0 aromatic rings. The fourth-order valence-electron chi connectivity index (χ4n) is 3.39. The van der Waals surface area contributed by atoms with E-state index in [0.717, 1.165) is 13.0 Å². The first-order valence-corrected chi connectivity index (χ1v) is 7.22. The number of hydrogen-bond acceptors (Lipinski definition) is 2. The number of ketones is 1. The number of Topliss-reactive ketones (excluding diaryl/α,β-unsaturated/α-hetero) is 1. The average Bonchev–Trinajstić information content (AvgIpc) is 2.71. The van der Waals surface area contributed by atoms with Gasteiger partial charge in [-0.2, -0.15) is 0 Å². The van der Waals surface area contributed by atoms with Gasteiger partial charge in [-0.1, -0.05) is 27.7 Å². The van der Waals surface area contributed by atoms with Crippen LogP contribution in [0.1, 0.15) is 47.0 Å². The molecule has 3 rings (SSSR count). The molecule has 2 heterocycles. The first-order valence-electron chi connectivity index (χ1n) is 7.22. The van der Waals surface area contributed by atoms with E-state index in [1.165, 1.54) is 0 Å². The van der Waals surface area contributed by atoms with E-state index in [2.05, 4.69) is 27.7 Å². The highest BCUT2D eigenvalue weighted by molar-refractivity contribution is 5.86. The lowest BCUT2D eigenvalue weighted by atomic mass is 9.70. The van der Waals surface area contributed by atoms with Gasteiger partial charge in [0.15, 0.2) is 0 Å². The Morgan fingerprint density at radius 3 is 2.28 bits per heavy atom. The molecule has 3 fully saturated rings. The Labute approximate surface area is 110 Å². The number of carbonyl (C=O) groups excluding carboxylic acids is 2. The van der Waals surface area contributed by atoms with Crippen molar-refractivity contribution in [3.05, 3.63) is 0 Å². The van der Waals surface area contributed by atoms with Crippen molar-refractivity contribution in [2.24, 2.45) is 23.7 Å². The summed E-state index contributed by atoms with van der Waals surface area (Å²) in [6.07, 6.45) is 2.34. The van der Waals surface area contributed by atoms with Gasteiger partial charge in [0, 0.05) is 31.3 Å². The van der Waals surface area contributed by atoms with E-state index in [1.807, 2.05) is 4.90 Å². The van der Waals surface area contributed by atoms with Gasteiger partial charge in [-0.05, 0) is 24.2 Å². The van der Waals surface area contributed by atoms with Crippen molar-refractivity contribution < 1.29 is 9.59 Å². The molecule has 102 valence electrons. The second-order valence-corrected chi connectivity index (χ2v) is 6.80. The van der Waals surface area contributed by atoms with Gasteiger partial charge in [0.05, 0.1) is 0 Å². The molecule has 18 heavy (non-hydrogen) atoms. The van der Waals surface area contributed by atoms with Gasteiger partial charge in [-0.25, -0.2) is 0 Å². The number of carbonyl (C=O) groups is 2. The number of hydrogen-bond donors (Lipinski definition) is 0. The molecule has 1 amide bonds. The highest BCUT2D eigenvalue weighted by Crippen LogP contribution is 2.47. The summed E-state index contributed by atoms with van der Waals surface area (Å²) in [4.78, 5) is 26.2. The van der Waals surface area contributed by atoms with Crippen LogP contribution in [0.25, 0.3) is 0 Å². The largest absolute Gasteiger partial charge is 0.339 e. The molecular weight excluding hydrogens is 226 g/mol. The molecule has 3 nitrogen and oxygen atoms in total. The van der Waals surface area contributed by atoms with E-state index in [4.69, 9.17) is 0 Å². The van der Waals surface area contributed by atoms with E-state index in [0.29, 0.717) is 36.4 Å². The van der Waals surface area contributed by atoms with E-state index in [1.54, 1.807) is 0 Å². The average molecular weight is 251 g/mol. The summed E-state index contributed by atoms with van der Waals surface area (Å²) in [6.45, 7) is 9.13. The number of fused-ring (bicyclic) bond motifs is 1. The monoisotopic (exact) mass is 251 g/mol. The Morgan fingerprint density at radius 1 is 1.11 bits per heavy atom. The Morgan fingerprint density at radius 2 is 1.72 bits per heavy atom. The van der Waals surface area contributed by atoms with Gasteiger partial charge in [-0.3, -0.25) is 9.59 Å². The predicted octanol–water partition coefficient (Wildman–Crippen LogP) is 2.49. The molecule has 3 atom stereocenters. The third-order valence-corrected chi connectivity index (χ3v) is 4.18. The van der Waals surface area contributed by atoms with Crippen molar-refractivity contribution in [2.45, 2.75) is 53.0 Å². The SMILES string of the molecule is CC(C)CC(=O)C1C2CC1N(C(=O)CC(C)C)C2. The van der Waals surface area contributed by atoms with Gasteiger partial charge in [0.1, 0.15) is 5.78 Å². The first kappa shape index (κ1) is 13.6. The van der Waals surface area contributed by atoms with Crippen LogP contribution in [0.3, 0.4) is 0 Å². The van der Waals surface area contributed by atoms with Gasteiger partial charge < -0.3 is 4.90 Å². The molecule has 0 aromatic heterocycles. The van der Waals surface area contributed by atoms with Crippen LogP contribution in [0.15, 0.2) is 0 Å². The lowest BCUT2D eigenvalue weighted by molar-refractivity contribution is -0.135. The normalized spacial score (nSPS) is 29.9. The molecule has 1 saturated carbocycles. The molecule has 0 aromatic carbocycles. The third-order valence-electron chi connectivity index (χ3n) is 4.18. The minimum absolute atomic E-state index is 0.156. The van der Waals surface area contributed by atoms with Crippen molar-refractivity contribution in [1.82, 2.24) is 4.90 Å². The highest BCUT2D eigenvalue weighted by Gasteiger charge is 2.56. The molecule has 0 N–H and O–H groups in total. The Balaban J connectivity index is 1.93. The number of amides is 1.